The van der Waals surface area contributed by atoms with Crippen LogP contribution < -0.4 is 5.32 Å². The fraction of sp³-hybridized carbons (Fsp3) is 0.133. The minimum atomic E-state index is -0.539. The Morgan fingerprint density at radius 3 is 2.63 bits per heavy atom. The maximum absolute atomic E-state index is 13.6. The van der Waals surface area contributed by atoms with Crippen LogP contribution in [0.2, 0.25) is 5.02 Å². The third kappa shape index (κ3) is 3.12. The molecule has 0 saturated heterocycles. The summed E-state index contributed by atoms with van der Waals surface area (Å²) in [4.78, 5) is 12.1. The highest BCUT2D eigenvalue weighted by molar-refractivity contribution is 6.31. The van der Waals surface area contributed by atoms with E-state index in [2.05, 4.69) is 5.32 Å². The molecule has 0 spiro atoms. The van der Waals surface area contributed by atoms with Gasteiger partial charge in [0.2, 0.25) is 0 Å². The first-order valence-corrected chi connectivity index (χ1v) is 6.19. The van der Waals surface area contributed by atoms with Gasteiger partial charge in [0.15, 0.2) is 0 Å². The Kier molecular flexibility index (Phi) is 3.86. The molecule has 4 heteroatoms. The van der Waals surface area contributed by atoms with E-state index < -0.39 is 11.7 Å². The molecule has 0 aliphatic rings. The molecule has 0 fully saturated rings. The SMILES string of the molecule is Cc1ccc(F)c(C(=O)Nc2cc(Cl)ccc2C)c1. The van der Waals surface area contributed by atoms with Crippen molar-refractivity contribution in [2.24, 2.45) is 0 Å². The number of anilines is 1. The average Bonchev–Trinajstić information content (AvgIpc) is 2.36. The molecule has 2 aromatic carbocycles. The third-order valence-corrected chi connectivity index (χ3v) is 3.05. The Balaban J connectivity index is 2.30. The molecule has 2 rings (SSSR count). The number of carbonyl (C=O) groups excluding carboxylic acids is 1. The van der Waals surface area contributed by atoms with E-state index in [1.165, 1.54) is 12.1 Å². The summed E-state index contributed by atoms with van der Waals surface area (Å²) in [6, 6.07) is 9.60. The van der Waals surface area contributed by atoms with Crippen molar-refractivity contribution in [3.8, 4) is 0 Å². The van der Waals surface area contributed by atoms with Crippen LogP contribution in [0.1, 0.15) is 21.5 Å². The molecule has 0 bridgehead atoms. The molecule has 0 atom stereocenters. The summed E-state index contributed by atoms with van der Waals surface area (Å²) < 4.78 is 13.6. The van der Waals surface area contributed by atoms with Crippen LogP contribution in [0, 0.1) is 19.7 Å². The number of halogens is 2. The van der Waals surface area contributed by atoms with Crippen LogP contribution in [0.3, 0.4) is 0 Å². The fourth-order valence-corrected chi connectivity index (χ4v) is 1.90. The largest absolute Gasteiger partial charge is 0.322 e. The first-order chi connectivity index (χ1) is 8.97. The number of amides is 1. The quantitative estimate of drug-likeness (QED) is 0.869. The molecule has 0 saturated carbocycles. The Morgan fingerprint density at radius 2 is 1.89 bits per heavy atom. The summed E-state index contributed by atoms with van der Waals surface area (Å²) in [5.74, 6) is -1.02. The molecule has 0 aliphatic carbocycles. The predicted molar refractivity (Wildman–Crippen MR) is 75.3 cm³/mol. The highest BCUT2D eigenvalue weighted by Gasteiger charge is 2.13. The van der Waals surface area contributed by atoms with Crippen LogP contribution in [0.5, 0.6) is 0 Å². The van der Waals surface area contributed by atoms with E-state index in [0.29, 0.717) is 10.7 Å². The van der Waals surface area contributed by atoms with Gasteiger partial charge in [0.05, 0.1) is 5.56 Å². The predicted octanol–water partition coefficient (Wildman–Crippen LogP) is 4.35. The van der Waals surface area contributed by atoms with E-state index in [0.717, 1.165) is 11.1 Å². The van der Waals surface area contributed by atoms with Crippen LogP contribution in [-0.4, -0.2) is 5.91 Å². The average molecular weight is 278 g/mol. The van der Waals surface area contributed by atoms with Gasteiger partial charge in [-0.1, -0.05) is 29.3 Å². The molecule has 1 N–H and O–H groups in total. The van der Waals surface area contributed by atoms with Crippen molar-refractivity contribution in [1.29, 1.82) is 0 Å². The number of nitrogens with one attached hydrogen (secondary N) is 1. The monoisotopic (exact) mass is 277 g/mol. The van der Waals surface area contributed by atoms with Gasteiger partial charge in [-0.15, -0.1) is 0 Å². The highest BCUT2D eigenvalue weighted by atomic mass is 35.5. The summed E-state index contributed by atoms with van der Waals surface area (Å²) in [6.45, 7) is 3.65. The van der Waals surface area contributed by atoms with Gasteiger partial charge in [-0.3, -0.25) is 4.79 Å². The number of benzene rings is 2. The molecule has 2 nitrogen and oxygen atoms in total. The Bertz CT molecular complexity index is 640. The molecule has 0 radical (unpaired) electrons. The van der Waals surface area contributed by atoms with E-state index in [9.17, 15) is 9.18 Å². The molecular weight excluding hydrogens is 265 g/mol. The Hall–Kier alpha value is -1.87. The summed E-state index contributed by atoms with van der Waals surface area (Å²) in [5, 5.41) is 3.19. The van der Waals surface area contributed by atoms with Gasteiger partial charge in [0.1, 0.15) is 5.82 Å². The molecule has 19 heavy (non-hydrogen) atoms. The van der Waals surface area contributed by atoms with Gasteiger partial charge in [0, 0.05) is 10.7 Å². The summed E-state index contributed by atoms with van der Waals surface area (Å²) in [7, 11) is 0. The van der Waals surface area contributed by atoms with E-state index in [1.807, 2.05) is 6.92 Å². The van der Waals surface area contributed by atoms with Crippen LogP contribution >= 0.6 is 11.6 Å². The zero-order valence-electron chi connectivity index (χ0n) is 10.6. The normalized spacial score (nSPS) is 10.3. The van der Waals surface area contributed by atoms with Gasteiger partial charge in [-0.2, -0.15) is 0 Å². The van der Waals surface area contributed by atoms with Crippen molar-refractivity contribution >= 4 is 23.2 Å². The van der Waals surface area contributed by atoms with Crippen molar-refractivity contribution < 1.29 is 9.18 Å². The number of hydrogen-bond acceptors (Lipinski definition) is 1. The van der Waals surface area contributed by atoms with E-state index >= 15 is 0 Å². The van der Waals surface area contributed by atoms with Crippen molar-refractivity contribution in [3.63, 3.8) is 0 Å². The van der Waals surface area contributed by atoms with Crippen molar-refractivity contribution in [2.75, 3.05) is 5.32 Å². The van der Waals surface area contributed by atoms with Crippen molar-refractivity contribution in [1.82, 2.24) is 0 Å². The first kappa shape index (κ1) is 13.6. The maximum atomic E-state index is 13.6. The van der Waals surface area contributed by atoms with Crippen molar-refractivity contribution in [2.45, 2.75) is 13.8 Å². The second kappa shape index (κ2) is 5.41. The zero-order chi connectivity index (χ0) is 14.0. The molecule has 0 unspecified atom stereocenters. The molecule has 2 aromatic rings. The van der Waals surface area contributed by atoms with Gasteiger partial charge < -0.3 is 5.32 Å². The van der Waals surface area contributed by atoms with Gasteiger partial charge in [-0.05, 0) is 43.7 Å². The van der Waals surface area contributed by atoms with Crippen molar-refractivity contribution in [3.05, 3.63) is 63.9 Å². The first-order valence-electron chi connectivity index (χ1n) is 5.81. The molecular formula is C15H13ClFNO. The highest BCUT2D eigenvalue weighted by Crippen LogP contribution is 2.21. The summed E-state index contributed by atoms with van der Waals surface area (Å²) >= 11 is 5.88. The maximum Gasteiger partial charge on any atom is 0.258 e. The Morgan fingerprint density at radius 1 is 1.16 bits per heavy atom. The zero-order valence-corrected chi connectivity index (χ0v) is 11.4. The number of rotatable bonds is 2. The van der Waals surface area contributed by atoms with E-state index in [4.69, 9.17) is 11.6 Å². The lowest BCUT2D eigenvalue weighted by Crippen LogP contribution is -2.14. The van der Waals surface area contributed by atoms with Crippen LogP contribution in [0.15, 0.2) is 36.4 Å². The number of hydrogen-bond donors (Lipinski definition) is 1. The van der Waals surface area contributed by atoms with Gasteiger partial charge >= 0.3 is 0 Å². The van der Waals surface area contributed by atoms with Crippen LogP contribution in [0.4, 0.5) is 10.1 Å². The molecule has 0 aromatic heterocycles. The van der Waals surface area contributed by atoms with Gasteiger partial charge in [-0.25, -0.2) is 4.39 Å². The van der Waals surface area contributed by atoms with E-state index in [1.54, 1.807) is 31.2 Å². The second-order valence-electron chi connectivity index (χ2n) is 4.40. The lowest BCUT2D eigenvalue weighted by Gasteiger charge is -2.10. The smallest absolute Gasteiger partial charge is 0.258 e. The topological polar surface area (TPSA) is 29.1 Å². The Labute approximate surface area is 116 Å². The number of aryl methyl sites for hydroxylation is 2. The summed E-state index contributed by atoms with van der Waals surface area (Å²) in [5.41, 5.74) is 2.30. The molecule has 0 aliphatic heterocycles. The van der Waals surface area contributed by atoms with Gasteiger partial charge in [0.25, 0.3) is 5.91 Å². The fourth-order valence-electron chi connectivity index (χ4n) is 1.73. The van der Waals surface area contributed by atoms with E-state index in [-0.39, 0.29) is 5.56 Å². The minimum Gasteiger partial charge on any atom is -0.322 e. The minimum absolute atomic E-state index is 0.0272. The third-order valence-electron chi connectivity index (χ3n) is 2.81. The lowest BCUT2D eigenvalue weighted by molar-refractivity contribution is 0.102. The molecule has 1 amide bonds. The second-order valence-corrected chi connectivity index (χ2v) is 4.83. The number of carbonyl (C=O) groups is 1. The van der Waals surface area contributed by atoms with Crippen LogP contribution in [0.25, 0.3) is 0 Å². The lowest BCUT2D eigenvalue weighted by atomic mass is 10.1. The molecule has 98 valence electrons. The molecule has 0 heterocycles. The standard InChI is InChI=1S/C15H13ClFNO/c1-9-3-6-13(17)12(7-9)15(19)18-14-8-11(16)5-4-10(14)2/h3-8H,1-2H3,(H,18,19). The van der Waals surface area contributed by atoms with Crippen LogP contribution in [-0.2, 0) is 0 Å². The summed E-state index contributed by atoms with van der Waals surface area (Å²) in [6.07, 6.45) is 0.